The van der Waals surface area contributed by atoms with Crippen LogP contribution in [0.5, 0.6) is 0 Å². The van der Waals surface area contributed by atoms with Crippen molar-refractivity contribution in [1.29, 1.82) is 0 Å². The molecule has 0 spiro atoms. The van der Waals surface area contributed by atoms with Gasteiger partial charge in [0.15, 0.2) is 0 Å². The summed E-state index contributed by atoms with van der Waals surface area (Å²) in [5, 5.41) is 2.10. The molecule has 0 aromatic carbocycles. The minimum atomic E-state index is -0.0293. The average Bonchev–Trinajstić information content (AvgIpc) is 2.97. The number of halogens is 1. The number of thiophene rings is 1. The van der Waals surface area contributed by atoms with Crippen LogP contribution in [0.3, 0.4) is 0 Å². The number of nitrogens with zero attached hydrogens (tertiary/aromatic N) is 1. The molecule has 2 bridgehead atoms. The van der Waals surface area contributed by atoms with E-state index in [-0.39, 0.29) is 24.3 Å². The fraction of sp³-hybridized carbons (Fsp3) is 0.643. The molecule has 2 saturated heterocycles. The van der Waals surface area contributed by atoms with E-state index in [1.807, 2.05) is 0 Å². The van der Waals surface area contributed by atoms with E-state index >= 15 is 0 Å². The van der Waals surface area contributed by atoms with Crippen molar-refractivity contribution in [2.75, 3.05) is 14.2 Å². The van der Waals surface area contributed by atoms with Crippen LogP contribution < -0.4 is 0 Å². The minimum Gasteiger partial charge on any atom is -0.469 e. The van der Waals surface area contributed by atoms with E-state index in [2.05, 4.69) is 29.5 Å². The molecule has 2 fully saturated rings. The van der Waals surface area contributed by atoms with Gasteiger partial charge < -0.3 is 4.74 Å². The van der Waals surface area contributed by atoms with Crippen molar-refractivity contribution >= 4 is 29.7 Å². The van der Waals surface area contributed by atoms with Gasteiger partial charge in [-0.05, 0) is 37.8 Å². The fourth-order valence-corrected chi connectivity index (χ4v) is 4.68. The molecule has 106 valence electrons. The Bertz CT molecular complexity index is 437. The molecule has 3 heterocycles. The maximum atomic E-state index is 12.1. The lowest BCUT2D eigenvalue weighted by atomic mass is 9.79. The Kier molecular flexibility index (Phi) is 4.54. The van der Waals surface area contributed by atoms with Crippen LogP contribution in [0.1, 0.15) is 30.1 Å². The molecule has 2 aliphatic heterocycles. The molecule has 1 aromatic heterocycles. The normalized spacial score (nSPS) is 33.8. The standard InChI is InChI=1S/C14H19NO2S.ClH/c1-15-9-5-6-11(15)13(12-4-3-7-18-12)10(8-9)14(16)17-2;/h3-4,7,9-11,13H,5-6,8H2,1-2H3;1H/t9?,10?,11-,13?;/m0./s1. The lowest BCUT2D eigenvalue weighted by Gasteiger charge is -2.41. The van der Waals surface area contributed by atoms with E-state index in [4.69, 9.17) is 4.74 Å². The number of ether oxygens (including phenoxy) is 1. The molecule has 2 aliphatic rings. The van der Waals surface area contributed by atoms with Crippen LogP contribution in [0, 0.1) is 5.92 Å². The predicted molar refractivity (Wildman–Crippen MR) is 79.0 cm³/mol. The van der Waals surface area contributed by atoms with E-state index in [1.165, 1.54) is 24.8 Å². The Labute approximate surface area is 124 Å². The molecule has 19 heavy (non-hydrogen) atoms. The first kappa shape index (κ1) is 14.8. The zero-order valence-electron chi connectivity index (χ0n) is 11.2. The molecule has 3 unspecified atom stereocenters. The van der Waals surface area contributed by atoms with E-state index in [1.54, 1.807) is 11.3 Å². The van der Waals surface area contributed by atoms with E-state index < -0.39 is 0 Å². The number of fused-ring (bicyclic) bond motifs is 2. The molecule has 0 radical (unpaired) electrons. The Morgan fingerprint density at radius 2 is 2.26 bits per heavy atom. The SMILES string of the molecule is COC(=O)C1CC2CC[C@@H](C1c1cccs1)N2C.Cl. The second-order valence-corrected chi connectivity index (χ2v) is 6.35. The van der Waals surface area contributed by atoms with Crippen LogP contribution in [-0.2, 0) is 9.53 Å². The second kappa shape index (κ2) is 5.81. The van der Waals surface area contributed by atoms with Gasteiger partial charge in [-0.3, -0.25) is 9.69 Å². The third-order valence-electron chi connectivity index (χ3n) is 4.64. The maximum Gasteiger partial charge on any atom is 0.309 e. The summed E-state index contributed by atoms with van der Waals surface area (Å²) in [4.78, 5) is 15.9. The number of rotatable bonds is 2. The zero-order chi connectivity index (χ0) is 12.7. The van der Waals surface area contributed by atoms with Crippen molar-refractivity contribution in [2.24, 2.45) is 5.92 Å². The molecule has 3 nitrogen and oxygen atoms in total. The smallest absolute Gasteiger partial charge is 0.309 e. The van der Waals surface area contributed by atoms with E-state index in [9.17, 15) is 4.79 Å². The van der Waals surface area contributed by atoms with Gasteiger partial charge in [-0.2, -0.15) is 0 Å². The third-order valence-corrected chi connectivity index (χ3v) is 5.62. The van der Waals surface area contributed by atoms with Gasteiger partial charge in [0.25, 0.3) is 0 Å². The highest BCUT2D eigenvalue weighted by atomic mass is 35.5. The molecular weight excluding hydrogens is 282 g/mol. The van der Waals surface area contributed by atoms with Gasteiger partial charge >= 0.3 is 5.97 Å². The Hall–Kier alpha value is -0.580. The summed E-state index contributed by atoms with van der Waals surface area (Å²) in [5.74, 6) is 0.335. The minimum absolute atomic E-state index is 0. The molecule has 0 amide bonds. The van der Waals surface area contributed by atoms with Gasteiger partial charge in [0.05, 0.1) is 13.0 Å². The monoisotopic (exact) mass is 301 g/mol. The molecule has 4 atom stereocenters. The number of hydrogen-bond acceptors (Lipinski definition) is 4. The Balaban J connectivity index is 0.00000133. The van der Waals surface area contributed by atoms with E-state index in [0.717, 1.165) is 6.42 Å². The summed E-state index contributed by atoms with van der Waals surface area (Å²) in [6, 6.07) is 5.31. The summed E-state index contributed by atoms with van der Waals surface area (Å²) in [5.41, 5.74) is 0. The van der Waals surface area contributed by atoms with Crippen molar-refractivity contribution in [3.8, 4) is 0 Å². The number of carbonyl (C=O) groups excluding carboxylic acids is 1. The summed E-state index contributed by atoms with van der Waals surface area (Å²) < 4.78 is 5.02. The van der Waals surface area contributed by atoms with Crippen molar-refractivity contribution in [3.63, 3.8) is 0 Å². The van der Waals surface area contributed by atoms with Gasteiger partial charge in [0, 0.05) is 22.9 Å². The van der Waals surface area contributed by atoms with Crippen LogP contribution in [0.2, 0.25) is 0 Å². The van der Waals surface area contributed by atoms with Crippen LogP contribution in [0.15, 0.2) is 17.5 Å². The van der Waals surface area contributed by atoms with Crippen LogP contribution in [0.4, 0.5) is 0 Å². The van der Waals surface area contributed by atoms with Gasteiger partial charge in [0.2, 0.25) is 0 Å². The number of piperidine rings is 1. The van der Waals surface area contributed by atoms with Gasteiger partial charge in [0.1, 0.15) is 0 Å². The summed E-state index contributed by atoms with van der Waals surface area (Å²) in [6.45, 7) is 0. The highest BCUT2D eigenvalue weighted by Crippen LogP contribution is 2.47. The number of esters is 1. The first-order valence-corrected chi connectivity index (χ1v) is 7.43. The van der Waals surface area contributed by atoms with Crippen LogP contribution in [0.25, 0.3) is 0 Å². The van der Waals surface area contributed by atoms with E-state index in [0.29, 0.717) is 18.0 Å². The van der Waals surface area contributed by atoms with Crippen molar-refractivity contribution in [3.05, 3.63) is 22.4 Å². The first-order valence-electron chi connectivity index (χ1n) is 6.55. The fourth-order valence-electron chi connectivity index (χ4n) is 3.73. The van der Waals surface area contributed by atoms with Gasteiger partial charge in [-0.1, -0.05) is 6.07 Å². The lowest BCUT2D eigenvalue weighted by molar-refractivity contribution is -0.149. The first-order chi connectivity index (χ1) is 8.72. The largest absolute Gasteiger partial charge is 0.469 e. The lowest BCUT2D eigenvalue weighted by Crippen LogP contribution is -2.47. The predicted octanol–water partition coefficient (Wildman–Crippen LogP) is 2.91. The van der Waals surface area contributed by atoms with Crippen molar-refractivity contribution < 1.29 is 9.53 Å². The van der Waals surface area contributed by atoms with Crippen LogP contribution in [-0.4, -0.2) is 37.1 Å². The van der Waals surface area contributed by atoms with Crippen LogP contribution >= 0.6 is 23.7 Å². The van der Waals surface area contributed by atoms with Gasteiger partial charge in [-0.25, -0.2) is 0 Å². The molecule has 1 aromatic rings. The molecular formula is C14H20ClNO2S. The summed E-state index contributed by atoms with van der Waals surface area (Å²) >= 11 is 1.77. The molecule has 0 saturated carbocycles. The summed E-state index contributed by atoms with van der Waals surface area (Å²) in [7, 11) is 3.71. The second-order valence-electron chi connectivity index (χ2n) is 5.37. The molecule has 0 N–H and O–H groups in total. The molecule has 0 aliphatic carbocycles. The number of methoxy groups -OCH3 is 1. The molecule has 3 rings (SSSR count). The van der Waals surface area contributed by atoms with Crippen molar-refractivity contribution in [1.82, 2.24) is 4.90 Å². The third kappa shape index (κ3) is 2.41. The summed E-state index contributed by atoms with van der Waals surface area (Å²) in [6.07, 6.45) is 3.37. The number of hydrogen-bond donors (Lipinski definition) is 0. The van der Waals surface area contributed by atoms with Gasteiger partial charge in [-0.15, -0.1) is 23.7 Å². The maximum absolute atomic E-state index is 12.1. The van der Waals surface area contributed by atoms with Crippen molar-refractivity contribution in [2.45, 2.75) is 37.3 Å². The topological polar surface area (TPSA) is 29.5 Å². The quantitative estimate of drug-likeness (QED) is 0.787. The molecule has 5 heteroatoms. The Morgan fingerprint density at radius 1 is 1.47 bits per heavy atom. The number of likely N-dealkylation sites (N-methyl/N-ethyl adjacent to an activating group) is 1. The number of carbonyl (C=O) groups is 1. The highest BCUT2D eigenvalue weighted by Gasteiger charge is 2.49. The zero-order valence-corrected chi connectivity index (χ0v) is 12.9. The highest BCUT2D eigenvalue weighted by molar-refractivity contribution is 7.10. The Morgan fingerprint density at radius 3 is 2.89 bits per heavy atom. The average molecular weight is 302 g/mol.